The molecule has 0 aliphatic heterocycles. The molecule has 2 aromatic heterocycles. The maximum Gasteiger partial charge on any atom is 0.260 e. The number of nitrogens with zero attached hydrogens (tertiary/aromatic N) is 1. The lowest BCUT2D eigenvalue weighted by Crippen LogP contribution is -2.10. The number of fused-ring (bicyclic) bond motifs is 1. The van der Waals surface area contributed by atoms with Crippen molar-refractivity contribution in [1.82, 2.24) is 9.97 Å². The highest BCUT2D eigenvalue weighted by Crippen LogP contribution is 2.32. The Morgan fingerprint density at radius 2 is 2.14 bits per heavy atom. The van der Waals surface area contributed by atoms with Gasteiger partial charge in [-0.05, 0) is 23.8 Å². The largest absolute Gasteiger partial charge is 0.505 e. The summed E-state index contributed by atoms with van der Waals surface area (Å²) in [6.45, 7) is 0. The summed E-state index contributed by atoms with van der Waals surface area (Å²) in [7, 11) is 1.53. The average molecular weight is 303 g/mol. The summed E-state index contributed by atoms with van der Waals surface area (Å²) in [5, 5.41) is 10.8. The maximum absolute atomic E-state index is 12.2. The van der Waals surface area contributed by atoms with Crippen molar-refractivity contribution < 1.29 is 9.84 Å². The first-order valence-corrected chi connectivity index (χ1v) is 6.53. The number of aromatic nitrogens is 2. The van der Waals surface area contributed by atoms with Gasteiger partial charge in [-0.1, -0.05) is 23.7 Å². The topological polar surface area (TPSA) is 75.2 Å². The van der Waals surface area contributed by atoms with E-state index in [4.69, 9.17) is 16.3 Å². The van der Waals surface area contributed by atoms with Crippen LogP contribution in [0.5, 0.6) is 11.5 Å². The number of nitrogens with one attached hydrogen (secondary N) is 1. The van der Waals surface area contributed by atoms with Gasteiger partial charge in [0.1, 0.15) is 11.3 Å². The molecule has 21 heavy (non-hydrogen) atoms. The minimum atomic E-state index is -0.419. The van der Waals surface area contributed by atoms with E-state index < -0.39 is 5.56 Å². The molecule has 3 aromatic rings. The number of benzene rings is 1. The first-order valence-electron chi connectivity index (χ1n) is 6.15. The van der Waals surface area contributed by atoms with Gasteiger partial charge in [-0.15, -0.1) is 0 Å². The van der Waals surface area contributed by atoms with Gasteiger partial charge in [-0.3, -0.25) is 4.79 Å². The molecule has 0 atom stereocenters. The summed E-state index contributed by atoms with van der Waals surface area (Å²) in [6, 6.07) is 8.43. The Hall–Kier alpha value is -2.53. The number of pyridine rings is 2. The number of hydrogen-bond acceptors (Lipinski definition) is 4. The second-order valence-electron chi connectivity index (χ2n) is 4.46. The highest BCUT2D eigenvalue weighted by molar-refractivity contribution is 6.31. The second kappa shape index (κ2) is 5.10. The van der Waals surface area contributed by atoms with Crippen LogP contribution in [0.2, 0.25) is 5.02 Å². The van der Waals surface area contributed by atoms with Crippen LogP contribution in [0, 0.1) is 0 Å². The van der Waals surface area contributed by atoms with Gasteiger partial charge in [0.15, 0.2) is 5.75 Å². The summed E-state index contributed by atoms with van der Waals surface area (Å²) >= 11 is 5.84. The fraction of sp³-hybridized carbons (Fsp3) is 0.0667. The van der Waals surface area contributed by atoms with Crippen LogP contribution < -0.4 is 10.3 Å². The molecule has 5 nitrogen and oxygen atoms in total. The van der Waals surface area contributed by atoms with Crippen LogP contribution in [0.25, 0.3) is 22.2 Å². The Kier molecular flexibility index (Phi) is 3.27. The number of rotatable bonds is 2. The lowest BCUT2D eigenvalue weighted by Gasteiger charge is -2.08. The molecule has 0 saturated heterocycles. The molecule has 0 fully saturated rings. The number of halogens is 1. The smallest absolute Gasteiger partial charge is 0.260 e. The molecule has 6 heteroatoms. The molecule has 0 saturated carbocycles. The van der Waals surface area contributed by atoms with Gasteiger partial charge < -0.3 is 14.8 Å². The van der Waals surface area contributed by atoms with E-state index in [1.54, 1.807) is 30.3 Å². The van der Waals surface area contributed by atoms with E-state index in [1.807, 2.05) is 0 Å². The number of aromatic amines is 1. The second-order valence-corrected chi connectivity index (χ2v) is 4.90. The standard InChI is InChI=1S/C15H11ClN2O3/c1-21-10-4-2-3-8(5-10)12-14(19)13-11(18-15(12)20)6-9(16)7-17-13/h2-7H,1H3,(H2,18,19,20). The zero-order valence-corrected chi connectivity index (χ0v) is 11.8. The molecule has 0 unspecified atom stereocenters. The fourth-order valence-corrected chi connectivity index (χ4v) is 2.34. The molecule has 106 valence electrons. The van der Waals surface area contributed by atoms with Crippen LogP contribution in [0.3, 0.4) is 0 Å². The third-order valence-electron chi connectivity index (χ3n) is 3.15. The zero-order valence-electron chi connectivity index (χ0n) is 11.1. The van der Waals surface area contributed by atoms with Gasteiger partial charge in [-0.25, -0.2) is 4.98 Å². The van der Waals surface area contributed by atoms with E-state index in [0.717, 1.165) is 0 Å². The normalized spacial score (nSPS) is 10.8. The average Bonchev–Trinajstić information content (AvgIpc) is 2.47. The highest BCUT2D eigenvalue weighted by atomic mass is 35.5. The Morgan fingerprint density at radius 3 is 2.90 bits per heavy atom. The van der Waals surface area contributed by atoms with E-state index in [9.17, 15) is 9.90 Å². The lowest BCUT2D eigenvalue weighted by molar-refractivity contribution is 0.415. The van der Waals surface area contributed by atoms with Gasteiger partial charge in [0.05, 0.1) is 23.2 Å². The van der Waals surface area contributed by atoms with Crippen molar-refractivity contribution >= 4 is 22.6 Å². The van der Waals surface area contributed by atoms with Crippen LogP contribution >= 0.6 is 11.6 Å². The summed E-state index contributed by atoms with van der Waals surface area (Å²) in [6.07, 6.45) is 1.41. The lowest BCUT2D eigenvalue weighted by atomic mass is 10.1. The number of aromatic hydroxyl groups is 1. The van der Waals surface area contributed by atoms with E-state index >= 15 is 0 Å². The number of hydrogen-bond donors (Lipinski definition) is 2. The van der Waals surface area contributed by atoms with Gasteiger partial charge in [0.25, 0.3) is 5.56 Å². The third kappa shape index (κ3) is 2.32. The predicted octanol–water partition coefficient (Wildman–Crippen LogP) is 2.96. The number of methoxy groups -OCH3 is 1. The minimum absolute atomic E-state index is 0.149. The molecule has 2 N–H and O–H groups in total. The Bertz CT molecular complexity index is 890. The van der Waals surface area contributed by atoms with E-state index in [1.165, 1.54) is 13.3 Å². The summed E-state index contributed by atoms with van der Waals surface area (Å²) in [5.41, 5.74) is 0.953. The summed E-state index contributed by atoms with van der Waals surface area (Å²) < 4.78 is 5.13. The first-order chi connectivity index (χ1) is 10.1. The van der Waals surface area contributed by atoms with Crippen molar-refractivity contribution in [3.05, 3.63) is 51.9 Å². The van der Waals surface area contributed by atoms with Crippen molar-refractivity contribution in [2.45, 2.75) is 0 Å². The first kappa shape index (κ1) is 13.5. The molecular weight excluding hydrogens is 292 g/mol. The Morgan fingerprint density at radius 1 is 1.33 bits per heavy atom. The molecule has 3 rings (SSSR count). The molecule has 2 heterocycles. The van der Waals surface area contributed by atoms with Crippen molar-refractivity contribution in [1.29, 1.82) is 0 Å². The quantitative estimate of drug-likeness (QED) is 0.763. The van der Waals surface area contributed by atoms with E-state index in [-0.39, 0.29) is 16.8 Å². The van der Waals surface area contributed by atoms with E-state index in [2.05, 4.69) is 9.97 Å². The van der Waals surface area contributed by atoms with Gasteiger partial charge in [0, 0.05) is 6.20 Å². The zero-order chi connectivity index (χ0) is 15.0. The molecule has 0 radical (unpaired) electrons. The molecule has 0 spiro atoms. The molecule has 0 bridgehead atoms. The van der Waals surface area contributed by atoms with Crippen LogP contribution in [0.1, 0.15) is 0 Å². The van der Waals surface area contributed by atoms with Crippen molar-refractivity contribution in [3.63, 3.8) is 0 Å². The van der Waals surface area contributed by atoms with Crippen LogP contribution in [0.4, 0.5) is 0 Å². The minimum Gasteiger partial charge on any atom is -0.505 e. The number of H-pyrrole nitrogens is 1. The van der Waals surface area contributed by atoms with Gasteiger partial charge in [-0.2, -0.15) is 0 Å². The van der Waals surface area contributed by atoms with Crippen molar-refractivity contribution in [3.8, 4) is 22.6 Å². The van der Waals surface area contributed by atoms with Crippen LogP contribution in [-0.4, -0.2) is 22.2 Å². The molecule has 0 aliphatic rings. The molecule has 0 amide bonds. The van der Waals surface area contributed by atoms with Gasteiger partial charge in [0.2, 0.25) is 0 Å². The third-order valence-corrected chi connectivity index (χ3v) is 3.36. The SMILES string of the molecule is COc1cccc(-c2c(O)c3ncc(Cl)cc3[nH]c2=O)c1. The fourth-order valence-electron chi connectivity index (χ4n) is 2.18. The number of ether oxygens (including phenoxy) is 1. The predicted molar refractivity (Wildman–Crippen MR) is 81.0 cm³/mol. The maximum atomic E-state index is 12.2. The van der Waals surface area contributed by atoms with E-state index in [0.29, 0.717) is 21.9 Å². The summed E-state index contributed by atoms with van der Waals surface area (Å²) in [4.78, 5) is 19.0. The Labute approximate surface area is 124 Å². The highest BCUT2D eigenvalue weighted by Gasteiger charge is 2.15. The molecular formula is C15H11ClN2O3. The Balaban J connectivity index is 2.32. The van der Waals surface area contributed by atoms with Crippen LogP contribution in [-0.2, 0) is 0 Å². The molecule has 1 aromatic carbocycles. The van der Waals surface area contributed by atoms with Crippen molar-refractivity contribution in [2.24, 2.45) is 0 Å². The molecule has 0 aliphatic carbocycles. The van der Waals surface area contributed by atoms with Crippen LogP contribution in [0.15, 0.2) is 41.3 Å². The monoisotopic (exact) mass is 302 g/mol. The van der Waals surface area contributed by atoms with Gasteiger partial charge >= 0.3 is 0 Å². The summed E-state index contributed by atoms with van der Waals surface area (Å²) in [5.74, 6) is 0.411. The van der Waals surface area contributed by atoms with Crippen molar-refractivity contribution in [2.75, 3.05) is 7.11 Å².